The molecular weight excluding hydrogens is 269 g/mol. The van der Waals surface area contributed by atoms with Gasteiger partial charge in [-0.25, -0.2) is 17.9 Å². The molecule has 1 aliphatic carbocycles. The van der Waals surface area contributed by atoms with Crippen molar-refractivity contribution in [3.05, 3.63) is 60.0 Å². The largest absolute Gasteiger partial charge is 0.384 e. The van der Waals surface area contributed by atoms with Crippen molar-refractivity contribution < 1.29 is 17.9 Å². The molecule has 0 spiro atoms. The molecule has 0 amide bonds. The Morgan fingerprint density at radius 1 is 1.26 bits per heavy atom. The van der Waals surface area contributed by atoms with Crippen molar-refractivity contribution in [1.29, 1.82) is 0 Å². The van der Waals surface area contributed by atoms with Crippen LogP contribution in [0.4, 0.5) is 4.39 Å². The average Bonchev–Trinajstić information content (AvgIpc) is 2.31. The fraction of sp³-hybridized carbons (Fsp3) is 0.231. The van der Waals surface area contributed by atoms with Gasteiger partial charge >= 0.3 is 0 Å². The Balaban J connectivity index is 2.32. The fourth-order valence-electron chi connectivity index (χ4n) is 2.13. The Kier molecular flexibility index (Phi) is 3.58. The third-order valence-corrected chi connectivity index (χ3v) is 4.30. The van der Waals surface area contributed by atoms with E-state index in [2.05, 4.69) is 0 Å². The van der Waals surface area contributed by atoms with Crippen LogP contribution in [-0.4, -0.2) is 24.4 Å². The Hall–Kier alpha value is -1.50. The molecule has 0 saturated heterocycles. The lowest BCUT2D eigenvalue weighted by molar-refractivity contribution is 0.0961. The van der Waals surface area contributed by atoms with Crippen LogP contribution in [0, 0.1) is 5.82 Å². The van der Waals surface area contributed by atoms with E-state index in [1.165, 1.54) is 42.5 Å². The normalized spacial score (nSPS) is 26.6. The molecule has 2 rings (SSSR count). The van der Waals surface area contributed by atoms with Gasteiger partial charge in [0, 0.05) is 6.42 Å². The quantitative estimate of drug-likeness (QED) is 0.864. The topological polar surface area (TPSA) is 80.4 Å². The van der Waals surface area contributed by atoms with Gasteiger partial charge in [-0.2, -0.15) is 0 Å². The lowest BCUT2D eigenvalue weighted by atomic mass is 9.88. The first-order valence-corrected chi connectivity index (χ1v) is 7.27. The molecule has 0 bridgehead atoms. The zero-order valence-corrected chi connectivity index (χ0v) is 10.8. The molecule has 0 aliphatic heterocycles. The van der Waals surface area contributed by atoms with Gasteiger partial charge in [0.15, 0.2) is 0 Å². The molecule has 3 N–H and O–H groups in total. The number of allylic oxidation sites excluding steroid dienone is 2. The van der Waals surface area contributed by atoms with Crippen molar-refractivity contribution in [3.8, 4) is 0 Å². The predicted octanol–water partition coefficient (Wildman–Crippen LogP) is 0.882. The average molecular weight is 283 g/mol. The summed E-state index contributed by atoms with van der Waals surface area (Å²) in [5.74, 6) is -0.391. The molecule has 0 radical (unpaired) electrons. The second-order valence-corrected chi connectivity index (χ2v) is 6.23. The van der Waals surface area contributed by atoms with Gasteiger partial charge in [-0.3, -0.25) is 0 Å². The van der Waals surface area contributed by atoms with Crippen LogP contribution in [0.5, 0.6) is 0 Å². The Bertz CT molecular complexity index is 622. The zero-order valence-electron chi connectivity index (χ0n) is 10.0. The molecule has 0 heterocycles. The molecule has 19 heavy (non-hydrogen) atoms. The molecule has 0 aromatic heterocycles. The number of aliphatic hydroxyl groups is 1. The van der Waals surface area contributed by atoms with Crippen LogP contribution in [0.15, 0.2) is 48.6 Å². The molecule has 6 heteroatoms. The number of sulfonamides is 1. The first kappa shape index (κ1) is 13.9. The number of hydrogen-bond donors (Lipinski definition) is 2. The van der Waals surface area contributed by atoms with E-state index in [0.29, 0.717) is 5.56 Å². The highest BCUT2D eigenvalue weighted by Gasteiger charge is 2.41. The van der Waals surface area contributed by atoms with Gasteiger partial charge in [-0.05, 0) is 17.7 Å². The molecule has 4 nitrogen and oxygen atoms in total. The highest BCUT2D eigenvalue weighted by Crippen LogP contribution is 2.27. The molecule has 102 valence electrons. The van der Waals surface area contributed by atoms with E-state index in [0.717, 1.165) is 0 Å². The van der Waals surface area contributed by atoms with E-state index in [9.17, 15) is 17.9 Å². The maximum Gasteiger partial charge on any atom is 0.218 e. The molecule has 2 atom stereocenters. The smallest absolute Gasteiger partial charge is 0.218 e. The highest BCUT2D eigenvalue weighted by molar-refractivity contribution is 7.90. The van der Waals surface area contributed by atoms with Crippen LogP contribution >= 0.6 is 0 Å². The zero-order chi connectivity index (χ0) is 14.1. The van der Waals surface area contributed by atoms with E-state index in [4.69, 9.17) is 5.14 Å². The van der Waals surface area contributed by atoms with E-state index in [-0.39, 0.29) is 6.42 Å². The summed E-state index contributed by atoms with van der Waals surface area (Å²) in [5, 5.41) is 14.4. The second-order valence-electron chi connectivity index (χ2n) is 4.55. The van der Waals surface area contributed by atoms with Crippen molar-refractivity contribution >= 4 is 10.0 Å². The molecule has 0 saturated carbocycles. The summed E-state index contributed by atoms with van der Waals surface area (Å²) in [6.45, 7) is 0. The van der Waals surface area contributed by atoms with E-state index in [1.54, 1.807) is 6.08 Å². The van der Waals surface area contributed by atoms with Crippen molar-refractivity contribution in [2.24, 2.45) is 5.14 Å². The van der Waals surface area contributed by atoms with E-state index >= 15 is 0 Å². The maximum atomic E-state index is 12.8. The van der Waals surface area contributed by atoms with Gasteiger partial charge in [-0.1, -0.05) is 36.4 Å². The Morgan fingerprint density at radius 3 is 2.47 bits per heavy atom. The maximum absolute atomic E-state index is 12.8. The van der Waals surface area contributed by atoms with Gasteiger partial charge in [0.2, 0.25) is 10.0 Å². The summed E-state index contributed by atoms with van der Waals surface area (Å²) in [6.07, 6.45) is 5.86. The van der Waals surface area contributed by atoms with Crippen LogP contribution in [0.2, 0.25) is 0 Å². The minimum absolute atomic E-state index is 0.0369. The summed E-state index contributed by atoms with van der Waals surface area (Å²) in [5.41, 5.74) is -1.00. The first-order chi connectivity index (χ1) is 8.81. The van der Waals surface area contributed by atoms with Crippen molar-refractivity contribution in [1.82, 2.24) is 0 Å². The molecular formula is C13H14FNO3S. The predicted molar refractivity (Wildman–Crippen MR) is 70.2 cm³/mol. The summed E-state index contributed by atoms with van der Waals surface area (Å²) >= 11 is 0. The van der Waals surface area contributed by atoms with E-state index < -0.39 is 26.7 Å². The van der Waals surface area contributed by atoms with Gasteiger partial charge in [-0.15, -0.1) is 0 Å². The van der Waals surface area contributed by atoms with Crippen LogP contribution < -0.4 is 5.14 Å². The summed E-state index contributed by atoms with van der Waals surface area (Å²) in [4.78, 5) is 0. The third-order valence-electron chi connectivity index (χ3n) is 3.03. The van der Waals surface area contributed by atoms with Crippen molar-refractivity contribution in [2.75, 3.05) is 0 Å². The lowest BCUT2D eigenvalue weighted by Crippen LogP contribution is -2.49. The van der Waals surface area contributed by atoms with Gasteiger partial charge in [0.25, 0.3) is 0 Å². The lowest BCUT2D eigenvalue weighted by Gasteiger charge is -2.32. The standard InChI is InChI=1S/C13H14FNO3S/c14-11-6-4-10(5-7-11)9-13(16)8-2-1-3-12(13)19(15,17)18/h1-8,12,16H,9H2,(H2,15,17,18). The van der Waals surface area contributed by atoms with Gasteiger partial charge < -0.3 is 5.11 Å². The number of nitrogens with two attached hydrogens (primary N) is 1. The number of benzene rings is 1. The van der Waals surface area contributed by atoms with Crippen LogP contribution in [0.3, 0.4) is 0 Å². The van der Waals surface area contributed by atoms with Crippen LogP contribution in [0.1, 0.15) is 5.56 Å². The number of hydrogen-bond acceptors (Lipinski definition) is 3. The summed E-state index contributed by atoms with van der Waals surface area (Å²) < 4.78 is 35.9. The Labute approximate surface area is 111 Å². The van der Waals surface area contributed by atoms with Crippen molar-refractivity contribution in [2.45, 2.75) is 17.3 Å². The molecule has 1 aromatic carbocycles. The summed E-state index contributed by atoms with van der Waals surface area (Å²) in [7, 11) is -3.92. The second kappa shape index (κ2) is 4.88. The number of primary sulfonamides is 1. The number of halogens is 1. The minimum Gasteiger partial charge on any atom is -0.384 e. The van der Waals surface area contributed by atoms with Gasteiger partial charge in [0.1, 0.15) is 16.7 Å². The third kappa shape index (κ3) is 3.09. The first-order valence-electron chi connectivity index (χ1n) is 5.66. The Morgan fingerprint density at radius 2 is 1.89 bits per heavy atom. The highest BCUT2D eigenvalue weighted by atomic mass is 32.2. The molecule has 2 unspecified atom stereocenters. The minimum atomic E-state index is -3.92. The molecule has 1 aromatic rings. The monoisotopic (exact) mass is 283 g/mol. The molecule has 1 aliphatic rings. The van der Waals surface area contributed by atoms with E-state index in [1.807, 2.05) is 0 Å². The molecule has 0 fully saturated rings. The van der Waals surface area contributed by atoms with Crippen LogP contribution in [-0.2, 0) is 16.4 Å². The van der Waals surface area contributed by atoms with Crippen molar-refractivity contribution in [3.63, 3.8) is 0 Å². The van der Waals surface area contributed by atoms with Crippen LogP contribution in [0.25, 0.3) is 0 Å². The number of rotatable bonds is 3. The van der Waals surface area contributed by atoms with Gasteiger partial charge in [0.05, 0.1) is 0 Å². The summed E-state index contributed by atoms with van der Waals surface area (Å²) in [6, 6.07) is 5.51. The SMILES string of the molecule is NS(=O)(=O)C1C=CC=CC1(O)Cc1ccc(F)cc1. The fourth-order valence-corrected chi connectivity index (χ4v) is 3.17.